The highest BCUT2D eigenvalue weighted by Crippen LogP contribution is 2.45. The van der Waals surface area contributed by atoms with Gasteiger partial charge in [-0.2, -0.15) is 0 Å². The number of rotatable bonds is 9. The van der Waals surface area contributed by atoms with E-state index < -0.39 is 47.6 Å². The molecule has 1 aromatic carbocycles. The number of aromatic nitrogens is 2. The van der Waals surface area contributed by atoms with E-state index in [2.05, 4.69) is 16.0 Å². The van der Waals surface area contributed by atoms with Crippen molar-refractivity contribution in [3.8, 4) is 22.9 Å². The van der Waals surface area contributed by atoms with E-state index in [1.165, 1.54) is 16.2 Å². The topological polar surface area (TPSA) is 181 Å². The number of carboxylic acids is 1. The highest BCUT2D eigenvalue weighted by atomic mass is 32.1. The Morgan fingerprint density at radius 2 is 1.87 bits per heavy atom. The number of hydrogen-bond acceptors (Lipinski definition) is 11. The van der Waals surface area contributed by atoms with Crippen molar-refractivity contribution in [2.45, 2.75) is 107 Å². The molecule has 5 atom stereocenters. The first-order chi connectivity index (χ1) is 26.2. The maximum absolute atomic E-state index is 14.5. The second kappa shape index (κ2) is 16.2. The molecule has 0 radical (unpaired) electrons. The molecule has 288 valence electrons. The largest absolute Gasteiger partial charge is 0.497 e. The Morgan fingerprint density at radius 1 is 1.06 bits per heavy atom. The molecule has 2 aromatic heterocycles. The van der Waals surface area contributed by atoms with Gasteiger partial charge in [-0.1, -0.05) is 25.0 Å². The van der Waals surface area contributed by atoms with Gasteiger partial charge >= 0.3 is 12.1 Å². The van der Waals surface area contributed by atoms with E-state index in [-0.39, 0.29) is 31.4 Å². The average molecular weight is 761 g/mol. The minimum atomic E-state index is -1.45. The van der Waals surface area contributed by atoms with Crippen LogP contribution in [-0.2, 0) is 19.1 Å². The summed E-state index contributed by atoms with van der Waals surface area (Å²) in [6, 6.07) is 5.30. The number of pyridine rings is 1. The Kier molecular flexibility index (Phi) is 11.2. The molecule has 0 spiro atoms. The first-order valence-corrected chi connectivity index (χ1v) is 19.9. The van der Waals surface area contributed by atoms with Gasteiger partial charge in [-0.25, -0.2) is 19.6 Å². The molecule has 2 saturated carbocycles. The summed E-state index contributed by atoms with van der Waals surface area (Å²) in [5, 5.41) is 22.5. The standard InChI is InChI=1S/C39H48N6O8S/c1-3-40-37-42-31(22-54-37)30-19-33(27-16-15-25(51-2)17-29(27)41-30)52-26-18-32-34(46)44-39(36(48)49)20-23(39)11-7-5-4-6-8-14-28(35(47)45(32)21-26)43-38(50)53-24-12-9-10-13-24/h7,11,15-17,19,22-24,26,28,32H,3-6,8-10,12-14,18,20-21H2,1-2H3,(H,40,42)(H,43,50)(H,44,46)(H,48,49)/b11-7-/t23-,26-,28?,32+,39-/m1/s1. The molecule has 1 unspecified atom stereocenters. The molecule has 0 bridgehead atoms. The zero-order valence-electron chi connectivity index (χ0n) is 30.7. The van der Waals surface area contributed by atoms with Gasteiger partial charge in [0.25, 0.3) is 0 Å². The summed E-state index contributed by atoms with van der Waals surface area (Å²) in [5.41, 5.74) is 0.403. The van der Waals surface area contributed by atoms with Crippen LogP contribution < -0.4 is 25.4 Å². The van der Waals surface area contributed by atoms with E-state index in [0.717, 1.165) is 56.6 Å². The van der Waals surface area contributed by atoms with Crippen LogP contribution in [0.5, 0.6) is 11.5 Å². The number of nitrogens with zero attached hydrogens (tertiary/aromatic N) is 3. The number of alkyl carbamates (subject to hydrolysis) is 1. The molecule has 4 N–H and O–H groups in total. The second-order valence-electron chi connectivity index (χ2n) is 14.6. The summed E-state index contributed by atoms with van der Waals surface area (Å²) in [6.07, 6.45) is 9.73. The molecule has 2 aliphatic carbocycles. The maximum atomic E-state index is 14.5. The number of methoxy groups -OCH3 is 1. The Balaban J connectivity index is 1.20. The predicted molar refractivity (Wildman–Crippen MR) is 203 cm³/mol. The third-order valence-electron chi connectivity index (χ3n) is 10.9. The molecule has 4 heterocycles. The second-order valence-corrected chi connectivity index (χ2v) is 15.4. The lowest BCUT2D eigenvalue weighted by Crippen LogP contribution is -2.56. The molecular formula is C39H48N6O8S. The van der Waals surface area contributed by atoms with Gasteiger partial charge < -0.3 is 40.2 Å². The molecule has 3 fully saturated rings. The Morgan fingerprint density at radius 3 is 2.65 bits per heavy atom. The maximum Gasteiger partial charge on any atom is 0.408 e. The zero-order valence-corrected chi connectivity index (χ0v) is 31.5. The van der Waals surface area contributed by atoms with Crippen molar-refractivity contribution in [2.75, 3.05) is 25.5 Å². The van der Waals surface area contributed by atoms with Gasteiger partial charge in [0.15, 0.2) is 5.13 Å². The van der Waals surface area contributed by atoms with Gasteiger partial charge in [-0.3, -0.25) is 9.59 Å². The number of carboxylic acid groups (broad SMARTS) is 1. The molecular weight excluding hydrogens is 713 g/mol. The lowest BCUT2D eigenvalue weighted by Gasteiger charge is -2.29. The molecule has 1 saturated heterocycles. The molecule has 7 rings (SSSR count). The van der Waals surface area contributed by atoms with E-state index in [4.69, 9.17) is 24.2 Å². The fraction of sp³-hybridized carbons (Fsp3) is 0.538. The van der Waals surface area contributed by atoms with E-state index in [1.807, 2.05) is 48.7 Å². The molecule has 4 aliphatic rings. The van der Waals surface area contributed by atoms with Crippen LogP contribution in [0.25, 0.3) is 22.3 Å². The number of fused-ring (bicyclic) bond motifs is 3. The SMILES string of the molecule is CCNc1nc(-c2cc(O[C@@H]3C[C@H]4C(=O)N[C@]5(C(=O)O)C[C@H]5/C=C\CCCCCC(NC(=O)OC5CCCC5)C(=O)N4C3)c3ccc(OC)cc3n2)cs1. The van der Waals surface area contributed by atoms with Gasteiger partial charge in [0.1, 0.15) is 47.0 Å². The van der Waals surface area contributed by atoms with Crippen LogP contribution in [0.15, 0.2) is 41.8 Å². The number of allylic oxidation sites excluding steroid dienone is 1. The Labute approximate surface area is 318 Å². The molecule has 3 amide bonds. The summed E-state index contributed by atoms with van der Waals surface area (Å²) < 4.78 is 17.9. The van der Waals surface area contributed by atoms with E-state index in [0.29, 0.717) is 46.6 Å². The van der Waals surface area contributed by atoms with Crippen molar-refractivity contribution < 1.29 is 38.5 Å². The van der Waals surface area contributed by atoms with Crippen molar-refractivity contribution in [3.63, 3.8) is 0 Å². The molecule has 14 nitrogen and oxygen atoms in total. The van der Waals surface area contributed by atoms with Gasteiger partial charge in [-0.15, -0.1) is 11.3 Å². The summed E-state index contributed by atoms with van der Waals surface area (Å²) in [4.78, 5) is 65.4. The summed E-state index contributed by atoms with van der Waals surface area (Å²) in [5.74, 6) is -1.36. The average Bonchev–Trinajstić information content (AvgIpc) is 3.59. The van der Waals surface area contributed by atoms with Crippen molar-refractivity contribution >= 4 is 51.2 Å². The summed E-state index contributed by atoms with van der Waals surface area (Å²) >= 11 is 1.47. The minimum Gasteiger partial charge on any atom is -0.497 e. The van der Waals surface area contributed by atoms with E-state index in [9.17, 15) is 24.3 Å². The van der Waals surface area contributed by atoms with Gasteiger partial charge in [0.2, 0.25) is 11.8 Å². The van der Waals surface area contributed by atoms with Crippen molar-refractivity contribution in [3.05, 3.63) is 41.8 Å². The quantitative estimate of drug-likeness (QED) is 0.198. The monoisotopic (exact) mass is 760 g/mol. The number of benzene rings is 1. The molecule has 54 heavy (non-hydrogen) atoms. The number of nitrogens with one attached hydrogen (secondary N) is 3. The first kappa shape index (κ1) is 37.4. The van der Waals surface area contributed by atoms with E-state index in [1.54, 1.807) is 7.11 Å². The number of amides is 3. The van der Waals surface area contributed by atoms with E-state index >= 15 is 0 Å². The number of thiazole rings is 1. The third kappa shape index (κ3) is 8.10. The smallest absolute Gasteiger partial charge is 0.408 e. The van der Waals surface area contributed by atoms with Crippen molar-refractivity contribution in [1.29, 1.82) is 0 Å². The number of hydrogen-bond donors (Lipinski definition) is 4. The number of aliphatic carboxylic acids is 1. The van der Waals surface area contributed by atoms with Gasteiger partial charge in [-0.05, 0) is 70.4 Å². The normalized spacial score (nSPS) is 26.8. The lowest BCUT2D eigenvalue weighted by atomic mass is 10.0. The van der Waals surface area contributed by atoms with Gasteiger partial charge in [0.05, 0.1) is 24.9 Å². The summed E-state index contributed by atoms with van der Waals surface area (Å²) in [7, 11) is 1.58. The number of carbonyl (C=O) groups is 4. The van der Waals surface area contributed by atoms with Crippen LogP contribution in [0.4, 0.5) is 9.93 Å². The fourth-order valence-electron chi connectivity index (χ4n) is 7.82. The van der Waals surface area contributed by atoms with Crippen LogP contribution >= 0.6 is 11.3 Å². The molecule has 15 heteroatoms. The number of ether oxygens (including phenoxy) is 3. The fourth-order valence-corrected chi connectivity index (χ4v) is 8.59. The first-order valence-electron chi connectivity index (χ1n) is 19.0. The minimum absolute atomic E-state index is 0.0345. The summed E-state index contributed by atoms with van der Waals surface area (Å²) in [6.45, 7) is 2.75. The van der Waals surface area contributed by atoms with Crippen LogP contribution in [0.2, 0.25) is 0 Å². The van der Waals surface area contributed by atoms with Crippen LogP contribution in [0.1, 0.15) is 77.6 Å². The highest BCUT2D eigenvalue weighted by molar-refractivity contribution is 7.14. The zero-order chi connectivity index (χ0) is 37.8. The highest BCUT2D eigenvalue weighted by Gasteiger charge is 2.61. The third-order valence-corrected chi connectivity index (χ3v) is 11.7. The van der Waals surface area contributed by atoms with Crippen LogP contribution in [-0.4, -0.2) is 93.9 Å². The van der Waals surface area contributed by atoms with Crippen LogP contribution in [0, 0.1) is 5.92 Å². The predicted octanol–water partition coefficient (Wildman–Crippen LogP) is 5.66. The Bertz CT molecular complexity index is 1910. The number of anilines is 1. The number of carbonyl (C=O) groups excluding carboxylic acids is 3. The Hall–Kier alpha value is -4.92. The van der Waals surface area contributed by atoms with Crippen LogP contribution in [0.3, 0.4) is 0 Å². The van der Waals surface area contributed by atoms with Crippen molar-refractivity contribution in [2.24, 2.45) is 5.92 Å². The molecule has 2 aliphatic heterocycles. The van der Waals surface area contributed by atoms with Crippen molar-refractivity contribution in [1.82, 2.24) is 25.5 Å². The lowest BCUT2D eigenvalue weighted by molar-refractivity contribution is -0.145. The molecule has 3 aromatic rings. The van der Waals surface area contributed by atoms with Gasteiger partial charge in [0, 0.05) is 41.8 Å².